The quantitative estimate of drug-likeness (QED) is 0.493. The van der Waals surface area contributed by atoms with Gasteiger partial charge in [-0.2, -0.15) is 23.0 Å². The Morgan fingerprint density at radius 1 is 1.18 bits per heavy atom. The highest BCUT2D eigenvalue weighted by Gasteiger charge is 2.38. The summed E-state index contributed by atoms with van der Waals surface area (Å²) in [5, 5.41) is 6.23. The number of thiazole rings is 1. The Balaban J connectivity index is 2.03. The van der Waals surface area contributed by atoms with Gasteiger partial charge in [-0.3, -0.25) is 0 Å². The highest BCUT2D eigenvalue weighted by molar-refractivity contribution is 14.1. The lowest BCUT2D eigenvalue weighted by Crippen LogP contribution is -2.14. The molecule has 3 aromatic rings. The lowest BCUT2D eigenvalue weighted by Gasteiger charge is -2.08. The molecule has 0 saturated heterocycles. The summed E-state index contributed by atoms with van der Waals surface area (Å²) < 4.78 is 40.2. The Morgan fingerprint density at radius 2 is 1.86 bits per heavy atom. The first-order chi connectivity index (χ1) is 10.4. The van der Waals surface area contributed by atoms with Gasteiger partial charge in [0.1, 0.15) is 0 Å². The fourth-order valence-corrected chi connectivity index (χ4v) is 3.42. The molecule has 0 unspecified atom stereocenters. The van der Waals surface area contributed by atoms with Crippen LogP contribution in [0.1, 0.15) is 5.69 Å². The molecule has 2 heterocycles. The highest BCUT2D eigenvalue weighted by atomic mass is 127. The van der Waals surface area contributed by atoms with Gasteiger partial charge in [-0.15, -0.1) is 11.3 Å². The molecule has 0 fully saturated rings. The van der Waals surface area contributed by atoms with Gasteiger partial charge in [0.15, 0.2) is 5.69 Å². The zero-order valence-corrected chi connectivity index (χ0v) is 14.3. The molecule has 0 saturated carbocycles. The van der Waals surface area contributed by atoms with E-state index in [0.717, 1.165) is 21.6 Å². The van der Waals surface area contributed by atoms with Crippen LogP contribution in [0.25, 0.3) is 16.4 Å². The van der Waals surface area contributed by atoms with E-state index in [4.69, 9.17) is 11.6 Å². The molecule has 3 rings (SSSR count). The molecule has 0 aliphatic rings. The maximum Gasteiger partial charge on any atom is 0.434 e. The number of alkyl halides is 3. The summed E-state index contributed by atoms with van der Waals surface area (Å²) >= 11 is 8.53. The third kappa shape index (κ3) is 2.99. The number of nitrogens with zero attached hydrogens (tertiary/aromatic N) is 3. The molecule has 0 bridgehead atoms. The third-order valence-electron chi connectivity index (χ3n) is 2.81. The van der Waals surface area contributed by atoms with Crippen LogP contribution in [-0.4, -0.2) is 14.8 Å². The van der Waals surface area contributed by atoms with Crippen molar-refractivity contribution in [3.63, 3.8) is 0 Å². The van der Waals surface area contributed by atoms with E-state index >= 15 is 0 Å². The van der Waals surface area contributed by atoms with Crippen molar-refractivity contribution in [2.75, 3.05) is 0 Å². The Labute approximate surface area is 145 Å². The molecule has 22 heavy (non-hydrogen) atoms. The molecule has 114 valence electrons. The van der Waals surface area contributed by atoms with E-state index in [1.165, 1.54) is 6.20 Å². The first kappa shape index (κ1) is 15.8. The Hall–Kier alpha value is -1.13. The number of benzene rings is 1. The van der Waals surface area contributed by atoms with Gasteiger partial charge in [0.2, 0.25) is 5.13 Å². The van der Waals surface area contributed by atoms with E-state index in [1.54, 1.807) is 52.2 Å². The van der Waals surface area contributed by atoms with Crippen LogP contribution in [0, 0.1) is 3.57 Å². The second kappa shape index (κ2) is 5.82. The van der Waals surface area contributed by atoms with Crippen LogP contribution < -0.4 is 0 Å². The summed E-state index contributed by atoms with van der Waals surface area (Å²) in [6.45, 7) is 0. The minimum atomic E-state index is -4.49. The highest BCUT2D eigenvalue weighted by Crippen LogP contribution is 2.35. The van der Waals surface area contributed by atoms with Crippen LogP contribution in [0.5, 0.6) is 0 Å². The number of hydrogen-bond donors (Lipinski definition) is 0. The van der Waals surface area contributed by atoms with Gasteiger partial charge in [-0.1, -0.05) is 23.7 Å². The van der Waals surface area contributed by atoms with Gasteiger partial charge >= 0.3 is 6.18 Å². The lowest BCUT2D eigenvalue weighted by molar-refractivity contribution is -0.143. The van der Waals surface area contributed by atoms with E-state index in [0.29, 0.717) is 10.7 Å². The average Bonchev–Trinajstić information content (AvgIpc) is 3.05. The van der Waals surface area contributed by atoms with E-state index in [1.807, 2.05) is 0 Å². The molecular weight excluding hydrogens is 450 g/mol. The normalized spacial score (nSPS) is 11.9. The Morgan fingerprint density at radius 3 is 2.50 bits per heavy atom. The minimum Gasteiger partial charge on any atom is -0.218 e. The van der Waals surface area contributed by atoms with Gasteiger partial charge in [-0.05, 0) is 34.7 Å². The van der Waals surface area contributed by atoms with Crippen LogP contribution in [0.15, 0.2) is 35.8 Å². The summed E-state index contributed by atoms with van der Waals surface area (Å²) in [5.41, 5.74) is 0.544. The van der Waals surface area contributed by atoms with Gasteiger partial charge in [0, 0.05) is 16.0 Å². The first-order valence-corrected chi connectivity index (χ1v) is 8.22. The average molecular weight is 456 g/mol. The van der Waals surface area contributed by atoms with Crippen molar-refractivity contribution in [2.45, 2.75) is 6.18 Å². The van der Waals surface area contributed by atoms with E-state index in [-0.39, 0.29) is 8.70 Å². The summed E-state index contributed by atoms with van der Waals surface area (Å²) in [6.07, 6.45) is -3.31. The second-order valence-electron chi connectivity index (χ2n) is 4.27. The zero-order chi connectivity index (χ0) is 15.9. The fraction of sp³-hybridized carbons (Fsp3) is 0.0769. The summed E-state index contributed by atoms with van der Waals surface area (Å²) in [7, 11) is 0. The Kier molecular flexibility index (Phi) is 4.17. The molecule has 3 nitrogen and oxygen atoms in total. The minimum absolute atomic E-state index is 0.0355. The van der Waals surface area contributed by atoms with Gasteiger partial charge in [0.25, 0.3) is 0 Å². The van der Waals surface area contributed by atoms with Crippen molar-refractivity contribution >= 4 is 45.5 Å². The smallest absolute Gasteiger partial charge is 0.218 e. The molecule has 1 aromatic carbocycles. The number of halogens is 5. The standard InChI is InChI=1S/C13H6ClF3IN3S/c14-8-3-1-7(2-4-8)10-6-22-12(20-10)21-11(13(15,16)17)9(18)5-19-21/h1-6H. The zero-order valence-electron chi connectivity index (χ0n) is 10.6. The predicted molar refractivity (Wildman–Crippen MR) is 87.4 cm³/mol. The molecule has 0 spiro atoms. The first-order valence-electron chi connectivity index (χ1n) is 5.89. The fourth-order valence-electron chi connectivity index (χ4n) is 1.84. The van der Waals surface area contributed by atoms with E-state index in [2.05, 4.69) is 10.1 Å². The molecule has 0 radical (unpaired) electrons. The van der Waals surface area contributed by atoms with Crippen LogP contribution in [-0.2, 0) is 6.18 Å². The number of aromatic nitrogens is 3. The molecule has 0 aliphatic carbocycles. The third-order valence-corrected chi connectivity index (χ3v) is 4.66. The topological polar surface area (TPSA) is 30.7 Å². The summed E-state index contributed by atoms with van der Waals surface area (Å²) in [5.74, 6) is 0. The summed E-state index contributed by atoms with van der Waals surface area (Å²) in [6, 6.07) is 6.93. The van der Waals surface area contributed by atoms with Crippen LogP contribution >= 0.6 is 45.5 Å². The van der Waals surface area contributed by atoms with Crippen molar-refractivity contribution in [3.8, 4) is 16.4 Å². The Bertz CT molecular complexity index is 811. The van der Waals surface area contributed by atoms with Crippen molar-refractivity contribution in [1.82, 2.24) is 14.8 Å². The van der Waals surface area contributed by atoms with Crippen LogP contribution in [0.2, 0.25) is 5.02 Å². The molecule has 0 atom stereocenters. The largest absolute Gasteiger partial charge is 0.434 e. The molecule has 0 N–H and O–H groups in total. The summed E-state index contributed by atoms with van der Waals surface area (Å²) in [4.78, 5) is 4.24. The monoisotopic (exact) mass is 455 g/mol. The molecular formula is C13H6ClF3IN3S. The van der Waals surface area contributed by atoms with Gasteiger partial charge in [-0.25, -0.2) is 4.98 Å². The second-order valence-corrected chi connectivity index (χ2v) is 6.71. The van der Waals surface area contributed by atoms with Gasteiger partial charge in [0.05, 0.1) is 15.5 Å². The molecule has 0 aliphatic heterocycles. The van der Waals surface area contributed by atoms with Crippen molar-refractivity contribution in [1.29, 1.82) is 0 Å². The van der Waals surface area contributed by atoms with Crippen molar-refractivity contribution < 1.29 is 13.2 Å². The molecule has 0 amide bonds. The molecule has 2 aromatic heterocycles. The van der Waals surface area contributed by atoms with Gasteiger partial charge < -0.3 is 0 Å². The van der Waals surface area contributed by atoms with E-state index in [9.17, 15) is 13.2 Å². The van der Waals surface area contributed by atoms with Crippen molar-refractivity contribution in [3.05, 3.63) is 50.1 Å². The van der Waals surface area contributed by atoms with Crippen LogP contribution in [0.3, 0.4) is 0 Å². The maximum absolute atomic E-state index is 13.1. The van der Waals surface area contributed by atoms with E-state index < -0.39 is 11.9 Å². The molecule has 9 heteroatoms. The predicted octanol–water partition coefficient (Wildman–Crippen LogP) is 5.27. The maximum atomic E-state index is 13.1. The SMILES string of the molecule is FC(F)(F)c1c(I)cnn1-c1nc(-c2ccc(Cl)cc2)cs1. The van der Waals surface area contributed by atoms with Crippen molar-refractivity contribution in [2.24, 2.45) is 0 Å². The number of hydrogen-bond acceptors (Lipinski definition) is 3. The number of rotatable bonds is 2. The lowest BCUT2D eigenvalue weighted by atomic mass is 10.2. The van der Waals surface area contributed by atoms with Crippen LogP contribution in [0.4, 0.5) is 13.2 Å².